The molecule has 3 aliphatic rings. The Labute approximate surface area is 271 Å². The van der Waals surface area contributed by atoms with Crippen molar-refractivity contribution in [3.8, 4) is 0 Å². The highest BCUT2D eigenvalue weighted by atomic mass is 16.2. The van der Waals surface area contributed by atoms with E-state index in [1.165, 1.54) is 16.0 Å². The van der Waals surface area contributed by atoms with E-state index in [1.54, 1.807) is 0 Å². The van der Waals surface area contributed by atoms with E-state index in [4.69, 9.17) is 5.73 Å². The highest BCUT2D eigenvalue weighted by Gasteiger charge is 2.69. The molecule has 5 amide bonds. The van der Waals surface area contributed by atoms with Gasteiger partial charge in [0.2, 0.25) is 17.6 Å². The molecule has 46 heavy (non-hydrogen) atoms. The number of rotatable bonds is 11. The van der Waals surface area contributed by atoms with Crippen LogP contribution in [0.3, 0.4) is 0 Å². The molecule has 13 heteroatoms. The van der Waals surface area contributed by atoms with E-state index in [0.29, 0.717) is 19.6 Å². The summed E-state index contributed by atoms with van der Waals surface area (Å²) >= 11 is 0. The second-order valence-corrected chi connectivity index (χ2v) is 15.4. The minimum Gasteiger partial charge on any atom is -0.363 e. The molecule has 0 aromatic heterocycles. The largest absolute Gasteiger partial charge is 0.363 e. The van der Waals surface area contributed by atoms with Crippen LogP contribution in [0.5, 0.6) is 0 Å². The van der Waals surface area contributed by atoms with Crippen LogP contribution in [0.2, 0.25) is 0 Å². The molecular formula is C33H49N7O6. The van der Waals surface area contributed by atoms with Crippen LogP contribution in [0.25, 0.3) is 0 Å². The van der Waals surface area contributed by atoms with E-state index in [1.807, 2.05) is 72.4 Å². The number of aldehydes is 1. The molecule has 1 aromatic carbocycles. The molecule has 3 aliphatic heterocycles. The van der Waals surface area contributed by atoms with Gasteiger partial charge in [-0.25, -0.2) is 4.79 Å². The number of nitrogens with zero attached hydrogens (tertiary/aromatic N) is 3. The number of urea groups is 1. The van der Waals surface area contributed by atoms with E-state index in [2.05, 4.69) is 33.0 Å². The Kier molecular flexibility index (Phi) is 9.44. The van der Waals surface area contributed by atoms with Gasteiger partial charge in [-0.3, -0.25) is 29.0 Å². The number of benzene rings is 1. The lowest BCUT2D eigenvalue weighted by atomic mass is 9.74. The first kappa shape index (κ1) is 35.0. The third-order valence-electron chi connectivity index (χ3n) is 9.91. The van der Waals surface area contributed by atoms with Crippen molar-refractivity contribution in [2.45, 2.75) is 91.6 Å². The average Bonchev–Trinajstić information content (AvgIpc) is 3.36. The smallest absolute Gasteiger partial charge is 0.316 e. The van der Waals surface area contributed by atoms with E-state index in [0.717, 1.165) is 6.29 Å². The number of amides is 5. The Morgan fingerprint density at radius 1 is 1.02 bits per heavy atom. The van der Waals surface area contributed by atoms with Gasteiger partial charge in [-0.15, -0.1) is 0 Å². The molecule has 0 spiro atoms. The van der Waals surface area contributed by atoms with Crippen molar-refractivity contribution in [2.75, 3.05) is 26.3 Å². The monoisotopic (exact) mass is 639 g/mol. The van der Waals surface area contributed by atoms with E-state index >= 15 is 0 Å². The van der Waals surface area contributed by atoms with Gasteiger partial charge < -0.3 is 31.4 Å². The van der Waals surface area contributed by atoms with Gasteiger partial charge in [0.15, 0.2) is 0 Å². The van der Waals surface area contributed by atoms with Gasteiger partial charge in [0.05, 0.1) is 18.8 Å². The van der Waals surface area contributed by atoms with Crippen LogP contribution in [0.15, 0.2) is 24.3 Å². The number of hydrogen-bond acceptors (Lipinski definition) is 8. The lowest BCUT2D eigenvalue weighted by Crippen LogP contribution is -2.68. The fourth-order valence-corrected chi connectivity index (χ4v) is 6.79. The number of nitrogens with one attached hydrogen (secondary N) is 3. The fraction of sp³-hybridized carbons (Fsp3) is 0.636. The first-order chi connectivity index (χ1) is 21.3. The molecule has 1 aromatic rings. The van der Waals surface area contributed by atoms with Gasteiger partial charge in [-0.05, 0) is 27.9 Å². The number of primary amides is 1. The molecule has 4 rings (SSSR count). The maximum absolute atomic E-state index is 14.3. The van der Waals surface area contributed by atoms with Crippen LogP contribution < -0.4 is 21.7 Å². The topological polar surface area (TPSA) is 174 Å². The van der Waals surface area contributed by atoms with Crippen molar-refractivity contribution in [1.82, 2.24) is 30.7 Å². The van der Waals surface area contributed by atoms with Gasteiger partial charge in [-0.2, -0.15) is 0 Å². The summed E-state index contributed by atoms with van der Waals surface area (Å²) in [5, 5.41) is 8.28. The normalized spacial score (nSPS) is 24.3. The minimum absolute atomic E-state index is 0.0195. The molecule has 0 bridgehead atoms. The van der Waals surface area contributed by atoms with Crippen LogP contribution in [0.1, 0.15) is 66.5 Å². The Bertz CT molecular complexity index is 1390. The van der Waals surface area contributed by atoms with E-state index in [-0.39, 0.29) is 19.1 Å². The van der Waals surface area contributed by atoms with Crippen molar-refractivity contribution < 1.29 is 28.8 Å². The number of ketones is 1. The van der Waals surface area contributed by atoms with Crippen LogP contribution in [0, 0.1) is 16.7 Å². The summed E-state index contributed by atoms with van der Waals surface area (Å²) in [4.78, 5) is 83.2. The molecule has 5 atom stereocenters. The summed E-state index contributed by atoms with van der Waals surface area (Å²) < 4.78 is 0. The molecule has 0 radical (unpaired) electrons. The third kappa shape index (κ3) is 6.52. The van der Waals surface area contributed by atoms with Gasteiger partial charge in [0.25, 0.3) is 5.91 Å². The maximum Gasteiger partial charge on any atom is 0.316 e. The van der Waals surface area contributed by atoms with Crippen LogP contribution in [-0.4, -0.2) is 100.0 Å². The average molecular weight is 640 g/mol. The Balaban J connectivity index is 1.56. The highest BCUT2D eigenvalue weighted by molar-refractivity contribution is 6.36. The van der Waals surface area contributed by atoms with Crippen LogP contribution in [0.4, 0.5) is 4.79 Å². The summed E-state index contributed by atoms with van der Waals surface area (Å²) in [6.07, 6.45) is 0.783. The van der Waals surface area contributed by atoms with Crippen molar-refractivity contribution in [3.05, 3.63) is 35.4 Å². The second-order valence-electron chi connectivity index (χ2n) is 15.4. The molecule has 5 N–H and O–H groups in total. The predicted molar refractivity (Wildman–Crippen MR) is 171 cm³/mol. The SMILES string of the molecule is CC(C)C12CN1CN(C(=O)[C@@H](NC(=O)N[C@@](C=O)(CN1Cc3ccccc3C1)C(C)(C)C)C(C)(C)C)[C@@H]2C(=O)NCC(=O)C(N)=O. The highest BCUT2D eigenvalue weighted by Crippen LogP contribution is 2.50. The number of hydrogen-bond donors (Lipinski definition) is 4. The summed E-state index contributed by atoms with van der Waals surface area (Å²) in [6.45, 7) is 16.7. The molecule has 2 unspecified atom stereocenters. The van der Waals surface area contributed by atoms with Gasteiger partial charge in [0, 0.05) is 26.2 Å². The van der Waals surface area contributed by atoms with Gasteiger partial charge >= 0.3 is 6.03 Å². The molecule has 13 nitrogen and oxygen atoms in total. The van der Waals surface area contributed by atoms with Crippen LogP contribution >= 0.6 is 0 Å². The number of carbonyl (C=O) groups is 6. The molecule has 0 saturated carbocycles. The summed E-state index contributed by atoms with van der Waals surface area (Å²) in [5.74, 6) is -3.18. The molecular weight excluding hydrogens is 590 g/mol. The quantitative estimate of drug-likeness (QED) is 0.156. The summed E-state index contributed by atoms with van der Waals surface area (Å²) in [7, 11) is 0. The second kappa shape index (κ2) is 12.4. The zero-order valence-corrected chi connectivity index (χ0v) is 28.2. The Morgan fingerprint density at radius 3 is 2.09 bits per heavy atom. The lowest BCUT2D eigenvalue weighted by molar-refractivity contribution is -0.144. The first-order valence-electron chi connectivity index (χ1n) is 15.8. The van der Waals surface area contributed by atoms with Gasteiger partial charge in [0.1, 0.15) is 23.9 Å². The molecule has 3 heterocycles. The first-order valence-corrected chi connectivity index (χ1v) is 15.8. The maximum atomic E-state index is 14.3. The summed E-state index contributed by atoms with van der Waals surface area (Å²) in [5.41, 5.74) is 4.01. The molecule has 2 saturated heterocycles. The number of carbonyl (C=O) groups excluding carboxylic acids is 6. The summed E-state index contributed by atoms with van der Waals surface area (Å²) in [6, 6.07) is 5.36. The van der Waals surface area contributed by atoms with E-state index in [9.17, 15) is 28.8 Å². The van der Waals surface area contributed by atoms with Crippen molar-refractivity contribution in [3.63, 3.8) is 0 Å². The number of nitrogens with two attached hydrogens (primary N) is 1. The molecule has 0 aliphatic carbocycles. The number of fused-ring (bicyclic) bond motifs is 2. The molecule has 252 valence electrons. The van der Waals surface area contributed by atoms with Crippen molar-refractivity contribution in [1.29, 1.82) is 0 Å². The zero-order valence-electron chi connectivity index (χ0n) is 28.2. The lowest BCUT2D eigenvalue weighted by Gasteiger charge is -2.44. The number of Topliss-reactive ketones (excluding diaryl/α,β-unsaturated/α-hetero) is 1. The Morgan fingerprint density at radius 2 is 1.61 bits per heavy atom. The minimum atomic E-state index is -1.29. The van der Waals surface area contributed by atoms with E-state index < -0.39 is 70.1 Å². The third-order valence-corrected chi connectivity index (χ3v) is 9.91. The zero-order chi connectivity index (χ0) is 34.4. The van der Waals surface area contributed by atoms with Crippen molar-refractivity contribution in [2.24, 2.45) is 22.5 Å². The van der Waals surface area contributed by atoms with Crippen molar-refractivity contribution >= 4 is 35.8 Å². The Hall–Kier alpha value is -3.84. The van der Waals surface area contributed by atoms with Crippen LogP contribution in [-0.2, 0) is 37.1 Å². The fourth-order valence-electron chi connectivity index (χ4n) is 6.79. The molecule has 2 fully saturated rings. The predicted octanol–water partition coefficient (Wildman–Crippen LogP) is 0.749. The standard InChI is InChI=1S/C33H49N7O6/c1-20(2)33-17-39(33)19-40(25(33)27(44)35-13-23(42)26(34)43)28(45)24(30(3,4)5)36-29(46)37-32(18-41,31(6,7)8)16-38-14-21-11-9-10-12-22(21)15-38/h9-12,18,20,24-25H,13-17,19H2,1-8H3,(H2,34,43)(H,35,44)(H2,36,37,46)/t24-,25-,32-,33?,39?/m1/s1. The van der Waals surface area contributed by atoms with Gasteiger partial charge in [-0.1, -0.05) is 79.7 Å².